The molecule has 1 rings (SSSR count). The molecule has 1 saturated carbocycles. The molecule has 0 aromatic heterocycles. The van der Waals surface area contributed by atoms with Gasteiger partial charge in [0.25, 0.3) is 0 Å². The average Bonchev–Trinajstić information content (AvgIpc) is 2.25. The third kappa shape index (κ3) is 3.98. The number of rotatable bonds is 6. The lowest BCUT2D eigenvalue weighted by molar-refractivity contribution is 0.0773. The molecule has 86 valence electrons. The van der Waals surface area contributed by atoms with Crippen LogP contribution < -0.4 is 0 Å². The second-order valence-electron chi connectivity index (χ2n) is 4.42. The van der Waals surface area contributed by atoms with Crippen LogP contribution in [0.4, 0.5) is 0 Å². The maximum Gasteiger partial charge on any atom is 0.0903 e. The zero-order valence-corrected chi connectivity index (χ0v) is 9.65. The van der Waals surface area contributed by atoms with Crippen molar-refractivity contribution in [2.75, 3.05) is 13.2 Å². The largest absolute Gasteiger partial charge is 0.502 e. The molecule has 3 atom stereocenters. The van der Waals surface area contributed by atoms with E-state index in [-0.39, 0.29) is 0 Å². The quantitative estimate of drug-likeness (QED) is 0.626. The molecule has 0 aliphatic heterocycles. The SMILES string of the molecule is C=COCC1CCC(COC=C)C(C)C1. The highest BCUT2D eigenvalue weighted by Crippen LogP contribution is 2.34. The van der Waals surface area contributed by atoms with E-state index in [0.29, 0.717) is 11.8 Å². The lowest BCUT2D eigenvalue weighted by atomic mass is 9.75. The molecule has 2 nitrogen and oxygen atoms in total. The summed E-state index contributed by atoms with van der Waals surface area (Å²) in [6.07, 6.45) is 6.79. The number of ether oxygens (including phenoxy) is 2. The summed E-state index contributed by atoms with van der Waals surface area (Å²) in [6, 6.07) is 0. The van der Waals surface area contributed by atoms with Gasteiger partial charge in [-0.3, -0.25) is 0 Å². The normalized spacial score (nSPS) is 30.6. The third-order valence-electron chi connectivity index (χ3n) is 3.33. The molecule has 1 aliphatic rings. The first-order valence-electron chi connectivity index (χ1n) is 5.73. The van der Waals surface area contributed by atoms with Crippen molar-refractivity contribution in [3.8, 4) is 0 Å². The minimum absolute atomic E-state index is 0.683. The van der Waals surface area contributed by atoms with Gasteiger partial charge in [-0.15, -0.1) is 0 Å². The van der Waals surface area contributed by atoms with Crippen LogP contribution in [0.1, 0.15) is 26.2 Å². The summed E-state index contributed by atoms with van der Waals surface area (Å²) in [7, 11) is 0. The summed E-state index contributed by atoms with van der Waals surface area (Å²) >= 11 is 0. The molecule has 3 unspecified atom stereocenters. The Morgan fingerprint density at radius 3 is 2.40 bits per heavy atom. The van der Waals surface area contributed by atoms with Crippen LogP contribution in [-0.2, 0) is 9.47 Å². The predicted molar refractivity (Wildman–Crippen MR) is 62.3 cm³/mol. The van der Waals surface area contributed by atoms with E-state index < -0.39 is 0 Å². The molecule has 0 amide bonds. The lowest BCUT2D eigenvalue weighted by Crippen LogP contribution is -2.27. The molecule has 1 fully saturated rings. The molecule has 0 spiro atoms. The zero-order valence-electron chi connectivity index (χ0n) is 9.65. The molecule has 2 heteroatoms. The predicted octanol–water partition coefficient (Wildman–Crippen LogP) is 3.36. The van der Waals surface area contributed by atoms with E-state index in [1.165, 1.54) is 25.5 Å². The van der Waals surface area contributed by atoms with Crippen molar-refractivity contribution in [1.82, 2.24) is 0 Å². The third-order valence-corrected chi connectivity index (χ3v) is 3.33. The second-order valence-corrected chi connectivity index (χ2v) is 4.42. The van der Waals surface area contributed by atoms with E-state index in [0.717, 1.165) is 19.1 Å². The van der Waals surface area contributed by atoms with Gasteiger partial charge < -0.3 is 9.47 Å². The van der Waals surface area contributed by atoms with Crippen molar-refractivity contribution in [3.63, 3.8) is 0 Å². The van der Waals surface area contributed by atoms with E-state index >= 15 is 0 Å². The molecule has 0 heterocycles. The molecule has 0 radical (unpaired) electrons. The Morgan fingerprint density at radius 1 is 1.13 bits per heavy atom. The summed E-state index contributed by atoms with van der Waals surface area (Å²) < 4.78 is 10.5. The highest BCUT2D eigenvalue weighted by molar-refractivity contribution is 4.78. The lowest BCUT2D eigenvalue weighted by Gasteiger charge is -2.33. The fraction of sp³-hybridized carbons (Fsp3) is 0.692. The molecule has 0 N–H and O–H groups in total. The van der Waals surface area contributed by atoms with E-state index in [1.807, 2.05) is 0 Å². The number of hydrogen-bond donors (Lipinski definition) is 0. The van der Waals surface area contributed by atoms with E-state index in [4.69, 9.17) is 9.47 Å². The highest BCUT2D eigenvalue weighted by Gasteiger charge is 2.27. The molecule has 1 aliphatic carbocycles. The van der Waals surface area contributed by atoms with Crippen LogP contribution in [0.15, 0.2) is 25.7 Å². The Balaban J connectivity index is 2.27. The van der Waals surface area contributed by atoms with Crippen LogP contribution in [0.25, 0.3) is 0 Å². The second kappa shape index (κ2) is 6.54. The molecule has 0 aromatic rings. The van der Waals surface area contributed by atoms with Gasteiger partial charge in [-0.25, -0.2) is 0 Å². The molecule has 0 saturated heterocycles. The van der Waals surface area contributed by atoms with Gasteiger partial charge in [-0.1, -0.05) is 20.1 Å². The van der Waals surface area contributed by atoms with Crippen LogP contribution in [-0.4, -0.2) is 13.2 Å². The topological polar surface area (TPSA) is 18.5 Å². The van der Waals surface area contributed by atoms with E-state index in [9.17, 15) is 0 Å². The van der Waals surface area contributed by atoms with Crippen LogP contribution in [0.3, 0.4) is 0 Å². The number of hydrogen-bond acceptors (Lipinski definition) is 2. The van der Waals surface area contributed by atoms with Gasteiger partial charge in [-0.2, -0.15) is 0 Å². The van der Waals surface area contributed by atoms with E-state index in [1.54, 1.807) is 6.26 Å². The Morgan fingerprint density at radius 2 is 1.80 bits per heavy atom. The van der Waals surface area contributed by atoms with E-state index in [2.05, 4.69) is 20.1 Å². The van der Waals surface area contributed by atoms with Gasteiger partial charge in [0, 0.05) is 0 Å². The summed E-state index contributed by atoms with van der Waals surface area (Å²) in [4.78, 5) is 0. The van der Waals surface area contributed by atoms with Gasteiger partial charge in [0.2, 0.25) is 0 Å². The average molecular weight is 210 g/mol. The van der Waals surface area contributed by atoms with Gasteiger partial charge >= 0.3 is 0 Å². The Kier molecular flexibility index (Phi) is 5.30. The maximum absolute atomic E-state index is 5.28. The molecule has 15 heavy (non-hydrogen) atoms. The van der Waals surface area contributed by atoms with Crippen LogP contribution in [0, 0.1) is 17.8 Å². The van der Waals surface area contributed by atoms with Crippen molar-refractivity contribution in [3.05, 3.63) is 25.7 Å². The Labute approximate surface area is 93.0 Å². The van der Waals surface area contributed by atoms with Gasteiger partial charge in [0.05, 0.1) is 25.7 Å². The van der Waals surface area contributed by atoms with Gasteiger partial charge in [-0.05, 0) is 37.0 Å². The van der Waals surface area contributed by atoms with Gasteiger partial charge in [0.1, 0.15) is 0 Å². The van der Waals surface area contributed by atoms with Crippen molar-refractivity contribution >= 4 is 0 Å². The summed E-state index contributed by atoms with van der Waals surface area (Å²) in [5.41, 5.74) is 0. The van der Waals surface area contributed by atoms with Crippen molar-refractivity contribution in [2.24, 2.45) is 17.8 Å². The highest BCUT2D eigenvalue weighted by atomic mass is 16.5. The minimum Gasteiger partial charge on any atom is -0.502 e. The summed E-state index contributed by atoms with van der Waals surface area (Å²) in [5, 5.41) is 0. The van der Waals surface area contributed by atoms with Crippen LogP contribution >= 0.6 is 0 Å². The van der Waals surface area contributed by atoms with Crippen molar-refractivity contribution in [1.29, 1.82) is 0 Å². The fourth-order valence-electron chi connectivity index (χ4n) is 2.37. The Bertz CT molecular complexity index is 201. The van der Waals surface area contributed by atoms with Crippen LogP contribution in [0.2, 0.25) is 0 Å². The van der Waals surface area contributed by atoms with Crippen LogP contribution in [0.5, 0.6) is 0 Å². The maximum atomic E-state index is 5.28. The first-order chi connectivity index (χ1) is 7.27. The smallest absolute Gasteiger partial charge is 0.0903 e. The minimum atomic E-state index is 0.683. The molecular formula is C13H22O2. The summed E-state index contributed by atoms with van der Waals surface area (Å²) in [6.45, 7) is 11.1. The van der Waals surface area contributed by atoms with Crippen molar-refractivity contribution in [2.45, 2.75) is 26.2 Å². The summed E-state index contributed by atoms with van der Waals surface area (Å²) in [5.74, 6) is 2.10. The van der Waals surface area contributed by atoms with Gasteiger partial charge in [0.15, 0.2) is 0 Å². The molecule has 0 bridgehead atoms. The standard InChI is InChI=1S/C13H22O2/c1-4-14-9-12-6-7-13(10-15-5-2)11(3)8-12/h4-5,11-13H,1-2,6-10H2,3H3. The fourth-order valence-corrected chi connectivity index (χ4v) is 2.37. The molecular weight excluding hydrogens is 188 g/mol. The monoisotopic (exact) mass is 210 g/mol. The first kappa shape index (κ1) is 12.2. The Hall–Kier alpha value is -0.920. The zero-order chi connectivity index (χ0) is 11.1. The van der Waals surface area contributed by atoms with Crippen molar-refractivity contribution < 1.29 is 9.47 Å². The molecule has 0 aromatic carbocycles. The first-order valence-corrected chi connectivity index (χ1v) is 5.73.